The van der Waals surface area contributed by atoms with E-state index in [1.54, 1.807) is 20.4 Å². The Hall–Kier alpha value is -3.28. The zero-order valence-electron chi connectivity index (χ0n) is 16.5. The van der Waals surface area contributed by atoms with Crippen LogP contribution in [0.25, 0.3) is 0 Å². The summed E-state index contributed by atoms with van der Waals surface area (Å²) < 4.78 is 12.7. The van der Waals surface area contributed by atoms with Crippen molar-refractivity contribution in [3.05, 3.63) is 77.9 Å². The third kappa shape index (κ3) is 4.01. The molecular weight excluding hydrogens is 354 g/mol. The second kappa shape index (κ2) is 8.61. The van der Waals surface area contributed by atoms with Crippen molar-refractivity contribution in [1.29, 1.82) is 0 Å². The van der Waals surface area contributed by atoms with Crippen molar-refractivity contribution >= 4 is 5.91 Å². The summed E-state index contributed by atoms with van der Waals surface area (Å²) >= 11 is 0. The van der Waals surface area contributed by atoms with Gasteiger partial charge in [-0.25, -0.2) is 4.98 Å². The average Bonchev–Trinajstić information content (AvgIpc) is 3.16. The molecule has 6 nitrogen and oxygen atoms in total. The molecule has 0 unspecified atom stereocenters. The van der Waals surface area contributed by atoms with E-state index >= 15 is 0 Å². The number of amides is 1. The highest BCUT2D eigenvalue weighted by atomic mass is 16.5. The van der Waals surface area contributed by atoms with E-state index in [0.717, 1.165) is 17.0 Å². The molecule has 0 aliphatic heterocycles. The van der Waals surface area contributed by atoms with Crippen molar-refractivity contribution in [3.8, 4) is 11.5 Å². The fourth-order valence-corrected chi connectivity index (χ4v) is 3.14. The number of benzene rings is 2. The summed E-state index contributed by atoms with van der Waals surface area (Å²) in [5, 5.41) is 3.14. The molecule has 0 aliphatic rings. The quantitative estimate of drug-likeness (QED) is 0.683. The van der Waals surface area contributed by atoms with Gasteiger partial charge >= 0.3 is 0 Å². The maximum Gasteiger partial charge on any atom is 0.228 e. The number of ether oxygens (including phenoxy) is 2. The fourth-order valence-electron chi connectivity index (χ4n) is 3.14. The molecule has 6 heteroatoms. The average molecular weight is 379 g/mol. The second-order valence-corrected chi connectivity index (χ2v) is 6.58. The van der Waals surface area contributed by atoms with Crippen LogP contribution in [0.3, 0.4) is 0 Å². The third-order valence-electron chi connectivity index (χ3n) is 4.84. The summed E-state index contributed by atoms with van der Waals surface area (Å²) in [6, 6.07) is 14.9. The van der Waals surface area contributed by atoms with Crippen LogP contribution in [-0.2, 0) is 11.8 Å². The number of carbonyl (C=O) groups excluding carboxylic acids is 1. The molecule has 0 saturated heterocycles. The number of hydrogen-bond donors (Lipinski definition) is 1. The van der Waals surface area contributed by atoms with E-state index in [2.05, 4.69) is 10.3 Å². The predicted molar refractivity (Wildman–Crippen MR) is 108 cm³/mol. The summed E-state index contributed by atoms with van der Waals surface area (Å²) in [6.45, 7) is 1.90. The first-order valence-corrected chi connectivity index (χ1v) is 9.09. The molecule has 1 N–H and O–H groups in total. The first-order valence-electron chi connectivity index (χ1n) is 9.09. The Balaban J connectivity index is 1.95. The molecule has 28 heavy (non-hydrogen) atoms. The minimum atomic E-state index is -0.418. The molecule has 3 rings (SSSR count). The van der Waals surface area contributed by atoms with E-state index in [-0.39, 0.29) is 11.8 Å². The van der Waals surface area contributed by atoms with Crippen LogP contribution in [0, 0.1) is 0 Å². The molecule has 3 aromatic rings. The normalized spacial score (nSPS) is 12.9. The maximum atomic E-state index is 13.0. The van der Waals surface area contributed by atoms with Gasteiger partial charge in [-0.15, -0.1) is 0 Å². The molecule has 0 spiro atoms. The van der Waals surface area contributed by atoms with Crippen LogP contribution in [0.4, 0.5) is 0 Å². The number of hydrogen-bond acceptors (Lipinski definition) is 4. The minimum Gasteiger partial charge on any atom is -0.493 e. The maximum absolute atomic E-state index is 13.0. The summed E-state index contributed by atoms with van der Waals surface area (Å²) in [4.78, 5) is 17.5. The van der Waals surface area contributed by atoms with E-state index < -0.39 is 6.04 Å². The van der Waals surface area contributed by atoms with E-state index in [4.69, 9.17) is 9.47 Å². The SMILES string of the molecule is COc1ccc([C@H](NC(=O)[C@@H](C)c2ccccc2)c2nccn2C)cc1OC. The first kappa shape index (κ1) is 19.5. The zero-order chi connectivity index (χ0) is 20.1. The Labute approximate surface area is 165 Å². The van der Waals surface area contributed by atoms with Gasteiger partial charge in [-0.1, -0.05) is 36.4 Å². The van der Waals surface area contributed by atoms with Gasteiger partial charge in [-0.2, -0.15) is 0 Å². The Morgan fingerprint density at radius 2 is 1.75 bits per heavy atom. The van der Waals surface area contributed by atoms with Crippen molar-refractivity contribution in [2.75, 3.05) is 14.2 Å². The molecule has 2 aromatic carbocycles. The van der Waals surface area contributed by atoms with Crippen LogP contribution in [0.2, 0.25) is 0 Å². The number of methoxy groups -OCH3 is 2. The molecule has 1 amide bonds. The van der Waals surface area contributed by atoms with E-state index in [1.165, 1.54) is 0 Å². The molecule has 0 aliphatic carbocycles. The lowest BCUT2D eigenvalue weighted by Crippen LogP contribution is -2.34. The molecule has 0 fully saturated rings. The van der Waals surface area contributed by atoms with Gasteiger partial charge in [0.05, 0.1) is 20.1 Å². The monoisotopic (exact) mass is 379 g/mol. The van der Waals surface area contributed by atoms with E-state index in [0.29, 0.717) is 11.5 Å². The van der Waals surface area contributed by atoms with Gasteiger partial charge < -0.3 is 19.4 Å². The molecule has 1 aromatic heterocycles. The second-order valence-electron chi connectivity index (χ2n) is 6.58. The van der Waals surface area contributed by atoms with Crippen LogP contribution < -0.4 is 14.8 Å². The van der Waals surface area contributed by atoms with Gasteiger partial charge in [0.1, 0.15) is 11.9 Å². The van der Waals surface area contributed by atoms with Gasteiger partial charge in [0, 0.05) is 19.4 Å². The Morgan fingerprint density at radius 1 is 1.04 bits per heavy atom. The van der Waals surface area contributed by atoms with Crippen LogP contribution in [-0.4, -0.2) is 29.7 Å². The minimum absolute atomic E-state index is 0.0750. The number of imidazole rings is 1. The largest absolute Gasteiger partial charge is 0.493 e. The number of nitrogens with one attached hydrogen (secondary N) is 1. The lowest BCUT2D eigenvalue weighted by atomic mass is 9.98. The first-order chi connectivity index (χ1) is 13.5. The summed E-state index contributed by atoms with van der Waals surface area (Å²) in [6.07, 6.45) is 3.58. The molecule has 1 heterocycles. The van der Waals surface area contributed by atoms with E-state index in [9.17, 15) is 4.79 Å². The lowest BCUT2D eigenvalue weighted by molar-refractivity contribution is -0.122. The number of carbonyl (C=O) groups is 1. The smallest absolute Gasteiger partial charge is 0.228 e. The Bertz CT molecular complexity index is 937. The number of aryl methyl sites for hydroxylation is 1. The Kier molecular flexibility index (Phi) is 5.99. The highest BCUT2D eigenvalue weighted by Gasteiger charge is 2.25. The lowest BCUT2D eigenvalue weighted by Gasteiger charge is -2.22. The van der Waals surface area contributed by atoms with Crippen molar-refractivity contribution in [2.45, 2.75) is 18.9 Å². The molecule has 0 radical (unpaired) electrons. The summed E-state index contributed by atoms with van der Waals surface area (Å²) in [5.74, 6) is 1.61. The van der Waals surface area contributed by atoms with Crippen molar-refractivity contribution in [3.63, 3.8) is 0 Å². The van der Waals surface area contributed by atoms with Crippen LogP contribution in [0.1, 0.15) is 35.8 Å². The molecule has 0 saturated carbocycles. The zero-order valence-corrected chi connectivity index (χ0v) is 16.5. The number of nitrogens with zero attached hydrogens (tertiary/aromatic N) is 2. The van der Waals surface area contributed by atoms with Gasteiger partial charge in [-0.3, -0.25) is 4.79 Å². The fraction of sp³-hybridized carbons (Fsp3) is 0.273. The van der Waals surface area contributed by atoms with Gasteiger partial charge in [0.15, 0.2) is 11.5 Å². The van der Waals surface area contributed by atoms with Crippen LogP contribution >= 0.6 is 0 Å². The van der Waals surface area contributed by atoms with E-state index in [1.807, 2.05) is 73.3 Å². The molecule has 2 atom stereocenters. The van der Waals surface area contributed by atoms with Crippen LogP contribution in [0.15, 0.2) is 60.9 Å². The third-order valence-corrected chi connectivity index (χ3v) is 4.84. The summed E-state index contributed by atoms with van der Waals surface area (Å²) in [5.41, 5.74) is 1.83. The van der Waals surface area contributed by atoms with Gasteiger partial charge in [0.25, 0.3) is 0 Å². The van der Waals surface area contributed by atoms with Crippen molar-refractivity contribution in [1.82, 2.24) is 14.9 Å². The Morgan fingerprint density at radius 3 is 2.36 bits per heavy atom. The molecule has 146 valence electrons. The van der Waals surface area contributed by atoms with Crippen molar-refractivity contribution in [2.24, 2.45) is 7.05 Å². The van der Waals surface area contributed by atoms with Crippen LogP contribution in [0.5, 0.6) is 11.5 Å². The van der Waals surface area contributed by atoms with Gasteiger partial charge in [-0.05, 0) is 30.2 Å². The van der Waals surface area contributed by atoms with Crippen molar-refractivity contribution < 1.29 is 14.3 Å². The standard InChI is InChI=1S/C22H25N3O3/c1-15(16-8-6-5-7-9-16)22(26)24-20(21-23-12-13-25(21)2)17-10-11-18(27-3)19(14-17)28-4/h5-15,20H,1-4H3,(H,24,26)/t15-,20-/m0/s1. The topological polar surface area (TPSA) is 65.4 Å². The highest BCUT2D eigenvalue weighted by Crippen LogP contribution is 2.32. The molecular formula is C22H25N3O3. The van der Waals surface area contributed by atoms with Gasteiger partial charge in [0.2, 0.25) is 5.91 Å². The molecule has 0 bridgehead atoms. The predicted octanol–water partition coefficient (Wildman–Crippen LogP) is 3.45. The number of rotatable bonds is 7. The number of aromatic nitrogens is 2. The highest BCUT2D eigenvalue weighted by molar-refractivity contribution is 5.83. The summed E-state index contributed by atoms with van der Waals surface area (Å²) in [7, 11) is 5.09.